The predicted molar refractivity (Wildman–Crippen MR) is 84.0 cm³/mol. The molecule has 0 heterocycles. The average molecular weight is 326 g/mol. The number of nitrogens with one attached hydrogen (secondary N) is 1. The van der Waals surface area contributed by atoms with E-state index in [0.717, 1.165) is 18.9 Å². The van der Waals surface area contributed by atoms with Crippen LogP contribution in [-0.2, 0) is 6.42 Å². The molecule has 0 aliphatic heterocycles. The van der Waals surface area contributed by atoms with E-state index in [0.29, 0.717) is 30.9 Å². The average Bonchev–Trinajstić information content (AvgIpc) is 3.33. The number of hydrogen-bond donors (Lipinski definition) is 2. The third kappa shape index (κ3) is 5.46. The Labute approximate surface area is 135 Å². The summed E-state index contributed by atoms with van der Waals surface area (Å²) in [5, 5.41) is 12.7. The van der Waals surface area contributed by atoms with Gasteiger partial charge in [-0.15, -0.1) is 0 Å². The van der Waals surface area contributed by atoms with Gasteiger partial charge in [-0.25, -0.2) is 13.6 Å². The summed E-state index contributed by atoms with van der Waals surface area (Å²) >= 11 is 0. The van der Waals surface area contributed by atoms with Crippen molar-refractivity contribution >= 4 is 6.03 Å². The van der Waals surface area contributed by atoms with Gasteiger partial charge in [0.1, 0.15) is 0 Å². The molecule has 1 saturated carbocycles. The van der Waals surface area contributed by atoms with Crippen LogP contribution in [-0.4, -0.2) is 41.8 Å². The van der Waals surface area contributed by atoms with Gasteiger partial charge in [0.05, 0.1) is 6.10 Å². The van der Waals surface area contributed by atoms with Gasteiger partial charge in [-0.1, -0.05) is 6.07 Å². The zero-order chi connectivity index (χ0) is 17.0. The van der Waals surface area contributed by atoms with E-state index < -0.39 is 17.7 Å². The van der Waals surface area contributed by atoms with Gasteiger partial charge in [-0.05, 0) is 56.2 Å². The molecule has 2 amide bonds. The normalized spacial score (nSPS) is 16.7. The standard InChI is InChI=1S/C17H24F2N2O2/c1-11(3-4-12-5-8-14(18)15(19)9-12)20-17(23)21(2)10-16(22)13-6-7-13/h5,8-9,11,13,16,22H,3-4,6-7,10H2,1-2H3,(H,20,23). The van der Waals surface area contributed by atoms with Crippen LogP contribution in [0.5, 0.6) is 0 Å². The molecule has 0 saturated heterocycles. The Hall–Kier alpha value is -1.69. The molecular formula is C17H24F2N2O2. The molecule has 0 spiro atoms. The Balaban J connectivity index is 1.73. The summed E-state index contributed by atoms with van der Waals surface area (Å²) in [5.74, 6) is -1.38. The highest BCUT2D eigenvalue weighted by atomic mass is 19.2. The van der Waals surface area contributed by atoms with Crippen LogP contribution in [0.4, 0.5) is 13.6 Å². The number of likely N-dealkylation sites (N-methyl/N-ethyl adjacent to an activating group) is 1. The second-order valence-corrected chi connectivity index (χ2v) is 6.42. The Morgan fingerprint density at radius 3 is 2.70 bits per heavy atom. The fourth-order valence-electron chi connectivity index (χ4n) is 2.47. The molecule has 0 bridgehead atoms. The Morgan fingerprint density at radius 1 is 1.39 bits per heavy atom. The van der Waals surface area contributed by atoms with Gasteiger partial charge in [0.15, 0.2) is 11.6 Å². The first-order chi connectivity index (χ1) is 10.9. The summed E-state index contributed by atoms with van der Waals surface area (Å²) in [6, 6.07) is 3.51. The largest absolute Gasteiger partial charge is 0.391 e. The minimum atomic E-state index is -0.856. The lowest BCUT2D eigenvalue weighted by Crippen LogP contribution is -2.45. The van der Waals surface area contributed by atoms with Gasteiger partial charge >= 0.3 is 6.03 Å². The number of aryl methyl sites for hydroxylation is 1. The van der Waals surface area contributed by atoms with Crippen LogP contribution in [0.25, 0.3) is 0 Å². The molecule has 23 heavy (non-hydrogen) atoms. The monoisotopic (exact) mass is 326 g/mol. The zero-order valence-corrected chi connectivity index (χ0v) is 13.6. The number of carbonyl (C=O) groups excluding carboxylic acids is 1. The summed E-state index contributed by atoms with van der Waals surface area (Å²) in [4.78, 5) is 13.5. The molecule has 1 fully saturated rings. The Kier molecular flexibility index (Phi) is 5.93. The second kappa shape index (κ2) is 7.73. The zero-order valence-electron chi connectivity index (χ0n) is 13.6. The van der Waals surface area contributed by atoms with Crippen molar-refractivity contribution in [2.24, 2.45) is 5.92 Å². The van der Waals surface area contributed by atoms with Gasteiger partial charge in [-0.3, -0.25) is 0 Å². The fourth-order valence-corrected chi connectivity index (χ4v) is 2.47. The minimum absolute atomic E-state index is 0.101. The van der Waals surface area contributed by atoms with Crippen molar-refractivity contribution in [3.8, 4) is 0 Å². The molecule has 1 aromatic rings. The lowest BCUT2D eigenvalue weighted by atomic mass is 10.1. The lowest BCUT2D eigenvalue weighted by molar-refractivity contribution is 0.112. The van der Waals surface area contributed by atoms with Crippen molar-refractivity contribution in [3.63, 3.8) is 0 Å². The molecule has 0 radical (unpaired) electrons. The van der Waals surface area contributed by atoms with Gasteiger partial charge in [0.2, 0.25) is 0 Å². The van der Waals surface area contributed by atoms with Crippen molar-refractivity contribution in [2.75, 3.05) is 13.6 Å². The van der Waals surface area contributed by atoms with E-state index in [-0.39, 0.29) is 12.1 Å². The highest BCUT2D eigenvalue weighted by Gasteiger charge is 2.31. The second-order valence-electron chi connectivity index (χ2n) is 6.42. The van der Waals surface area contributed by atoms with Crippen LogP contribution >= 0.6 is 0 Å². The van der Waals surface area contributed by atoms with Crippen LogP contribution in [0.3, 0.4) is 0 Å². The number of amides is 2. The molecular weight excluding hydrogens is 302 g/mol. The van der Waals surface area contributed by atoms with Crippen LogP contribution in [0, 0.1) is 17.6 Å². The maximum absolute atomic E-state index is 13.1. The number of aliphatic hydroxyl groups excluding tert-OH is 1. The molecule has 6 heteroatoms. The maximum Gasteiger partial charge on any atom is 0.317 e. The number of nitrogens with zero attached hydrogens (tertiary/aromatic N) is 1. The molecule has 0 aromatic heterocycles. The number of urea groups is 1. The molecule has 2 N–H and O–H groups in total. The molecule has 4 nitrogen and oxygen atoms in total. The van der Waals surface area contributed by atoms with Gasteiger partial charge in [0, 0.05) is 19.6 Å². The van der Waals surface area contributed by atoms with Crippen molar-refractivity contribution < 1.29 is 18.7 Å². The smallest absolute Gasteiger partial charge is 0.317 e. The van der Waals surface area contributed by atoms with Gasteiger partial charge in [-0.2, -0.15) is 0 Å². The van der Waals surface area contributed by atoms with Crippen molar-refractivity contribution in [1.29, 1.82) is 0 Å². The number of hydrogen-bond acceptors (Lipinski definition) is 2. The number of benzene rings is 1. The van der Waals surface area contributed by atoms with E-state index >= 15 is 0 Å². The highest BCUT2D eigenvalue weighted by Crippen LogP contribution is 2.32. The van der Waals surface area contributed by atoms with Crippen molar-refractivity contribution in [3.05, 3.63) is 35.4 Å². The third-order valence-electron chi connectivity index (χ3n) is 4.19. The first kappa shape index (κ1) is 17.7. The first-order valence-electron chi connectivity index (χ1n) is 8.00. The van der Waals surface area contributed by atoms with E-state index in [1.54, 1.807) is 13.1 Å². The molecule has 1 aliphatic rings. The third-order valence-corrected chi connectivity index (χ3v) is 4.19. The summed E-state index contributed by atoms with van der Waals surface area (Å²) in [7, 11) is 1.66. The Morgan fingerprint density at radius 2 is 2.09 bits per heavy atom. The first-order valence-corrected chi connectivity index (χ1v) is 8.00. The number of halogens is 2. The van der Waals surface area contributed by atoms with Crippen molar-refractivity contribution in [1.82, 2.24) is 10.2 Å². The molecule has 2 rings (SSSR count). The van der Waals surface area contributed by atoms with E-state index in [2.05, 4.69) is 5.32 Å². The number of aliphatic hydroxyl groups is 1. The summed E-state index contributed by atoms with van der Waals surface area (Å²) in [6.45, 7) is 2.19. The topological polar surface area (TPSA) is 52.6 Å². The van der Waals surface area contributed by atoms with E-state index in [1.807, 2.05) is 6.92 Å². The SMILES string of the molecule is CC(CCc1ccc(F)c(F)c1)NC(=O)N(C)CC(O)C1CC1. The number of rotatable bonds is 7. The minimum Gasteiger partial charge on any atom is -0.391 e. The van der Waals surface area contributed by atoms with Crippen LogP contribution in [0.15, 0.2) is 18.2 Å². The summed E-state index contributed by atoms with van der Waals surface area (Å²) < 4.78 is 26.0. The van der Waals surface area contributed by atoms with E-state index in [1.165, 1.54) is 11.0 Å². The maximum atomic E-state index is 13.1. The van der Waals surface area contributed by atoms with Crippen LogP contribution in [0.1, 0.15) is 31.7 Å². The molecule has 1 aliphatic carbocycles. The van der Waals surface area contributed by atoms with Crippen LogP contribution in [0.2, 0.25) is 0 Å². The molecule has 128 valence electrons. The number of carbonyl (C=O) groups is 1. The predicted octanol–water partition coefficient (Wildman–Crippen LogP) is 2.70. The highest BCUT2D eigenvalue weighted by molar-refractivity contribution is 5.74. The van der Waals surface area contributed by atoms with Gasteiger partial charge < -0.3 is 15.3 Å². The van der Waals surface area contributed by atoms with E-state index in [9.17, 15) is 18.7 Å². The van der Waals surface area contributed by atoms with Crippen LogP contribution < -0.4 is 5.32 Å². The lowest BCUT2D eigenvalue weighted by Gasteiger charge is -2.23. The molecule has 2 unspecified atom stereocenters. The molecule has 2 atom stereocenters. The summed E-state index contributed by atoms with van der Waals surface area (Å²) in [6.07, 6.45) is 2.77. The fraction of sp³-hybridized carbons (Fsp3) is 0.588. The van der Waals surface area contributed by atoms with Gasteiger partial charge in [0.25, 0.3) is 0 Å². The van der Waals surface area contributed by atoms with E-state index in [4.69, 9.17) is 0 Å². The van der Waals surface area contributed by atoms with Crippen molar-refractivity contribution in [2.45, 2.75) is 44.8 Å². The summed E-state index contributed by atoms with van der Waals surface area (Å²) in [5.41, 5.74) is 0.697. The Bertz CT molecular complexity index is 549. The quantitative estimate of drug-likeness (QED) is 0.809. The molecule has 1 aromatic carbocycles.